The van der Waals surface area contributed by atoms with Crippen LogP contribution in [0.5, 0.6) is 0 Å². The van der Waals surface area contributed by atoms with Gasteiger partial charge in [0.05, 0.1) is 13.2 Å². The van der Waals surface area contributed by atoms with Crippen LogP contribution in [0.2, 0.25) is 0 Å². The summed E-state index contributed by atoms with van der Waals surface area (Å²) in [7, 11) is 0. The van der Waals surface area contributed by atoms with Gasteiger partial charge in [-0.25, -0.2) is 0 Å². The summed E-state index contributed by atoms with van der Waals surface area (Å²) in [6, 6.07) is 6.44. The monoisotopic (exact) mass is 218 g/mol. The zero-order valence-corrected chi connectivity index (χ0v) is 10.2. The SMILES string of the molecule is CC(=O)CC1(c2ccc(C)cc2C)COC1. The van der Waals surface area contributed by atoms with E-state index in [0.717, 1.165) is 0 Å². The Kier molecular flexibility index (Phi) is 2.85. The molecule has 0 N–H and O–H groups in total. The Morgan fingerprint density at radius 2 is 2.06 bits per heavy atom. The maximum atomic E-state index is 11.3. The Balaban J connectivity index is 2.36. The van der Waals surface area contributed by atoms with Crippen molar-refractivity contribution >= 4 is 5.78 Å². The van der Waals surface area contributed by atoms with Gasteiger partial charge in [-0.15, -0.1) is 0 Å². The van der Waals surface area contributed by atoms with E-state index in [1.54, 1.807) is 6.92 Å². The van der Waals surface area contributed by atoms with Gasteiger partial charge in [0, 0.05) is 11.8 Å². The average molecular weight is 218 g/mol. The minimum Gasteiger partial charge on any atom is -0.379 e. The fraction of sp³-hybridized carbons (Fsp3) is 0.500. The largest absolute Gasteiger partial charge is 0.379 e. The lowest BCUT2D eigenvalue weighted by Crippen LogP contribution is -2.48. The summed E-state index contributed by atoms with van der Waals surface area (Å²) in [5.41, 5.74) is 3.76. The molecule has 1 aromatic carbocycles. The maximum absolute atomic E-state index is 11.3. The molecule has 1 aliphatic rings. The topological polar surface area (TPSA) is 26.3 Å². The summed E-state index contributed by atoms with van der Waals surface area (Å²) >= 11 is 0. The second kappa shape index (κ2) is 4.02. The van der Waals surface area contributed by atoms with Crippen LogP contribution >= 0.6 is 0 Å². The third-order valence-electron chi connectivity index (χ3n) is 3.30. The van der Waals surface area contributed by atoms with Gasteiger partial charge in [-0.1, -0.05) is 23.8 Å². The van der Waals surface area contributed by atoms with E-state index in [2.05, 4.69) is 32.0 Å². The van der Waals surface area contributed by atoms with E-state index in [9.17, 15) is 4.79 Å². The van der Waals surface area contributed by atoms with Gasteiger partial charge in [0.1, 0.15) is 5.78 Å². The number of hydrogen-bond acceptors (Lipinski definition) is 2. The molecule has 0 radical (unpaired) electrons. The van der Waals surface area contributed by atoms with Gasteiger partial charge in [-0.2, -0.15) is 0 Å². The van der Waals surface area contributed by atoms with E-state index < -0.39 is 0 Å². The van der Waals surface area contributed by atoms with Gasteiger partial charge >= 0.3 is 0 Å². The van der Waals surface area contributed by atoms with Crippen molar-refractivity contribution in [3.8, 4) is 0 Å². The summed E-state index contributed by atoms with van der Waals surface area (Å²) < 4.78 is 5.33. The first-order chi connectivity index (χ1) is 7.53. The third-order valence-corrected chi connectivity index (χ3v) is 3.30. The molecule has 2 heteroatoms. The number of Topliss-reactive ketones (excluding diaryl/α,β-unsaturated/α-hetero) is 1. The fourth-order valence-electron chi connectivity index (χ4n) is 2.59. The van der Waals surface area contributed by atoms with Crippen LogP contribution in [0.3, 0.4) is 0 Å². The molecule has 0 spiro atoms. The van der Waals surface area contributed by atoms with E-state index in [1.807, 2.05) is 0 Å². The lowest BCUT2D eigenvalue weighted by atomic mass is 9.73. The number of ketones is 1. The molecule has 0 bridgehead atoms. The molecular formula is C14H18O2. The molecule has 0 unspecified atom stereocenters. The molecule has 0 aliphatic carbocycles. The van der Waals surface area contributed by atoms with Crippen LogP contribution in [0.4, 0.5) is 0 Å². The molecule has 2 rings (SSSR count). The standard InChI is InChI=1S/C14H18O2/c1-10-4-5-13(11(2)6-10)14(7-12(3)15)8-16-9-14/h4-6H,7-9H2,1-3H3. The van der Waals surface area contributed by atoms with Crippen LogP contribution in [0.15, 0.2) is 18.2 Å². The summed E-state index contributed by atoms with van der Waals surface area (Å²) in [6.45, 7) is 7.21. The van der Waals surface area contributed by atoms with Crippen molar-refractivity contribution in [3.63, 3.8) is 0 Å². The Morgan fingerprint density at radius 3 is 2.50 bits per heavy atom. The average Bonchev–Trinajstić information content (AvgIpc) is 2.12. The minimum absolute atomic E-state index is 0.0520. The summed E-state index contributed by atoms with van der Waals surface area (Å²) in [4.78, 5) is 11.3. The number of rotatable bonds is 3. The van der Waals surface area contributed by atoms with E-state index in [1.165, 1.54) is 16.7 Å². The summed E-state index contributed by atoms with van der Waals surface area (Å²) in [5.74, 6) is 0.239. The Morgan fingerprint density at radius 1 is 1.38 bits per heavy atom. The molecular weight excluding hydrogens is 200 g/mol. The Hall–Kier alpha value is -1.15. The third kappa shape index (κ3) is 1.90. The molecule has 86 valence electrons. The first-order valence-electron chi connectivity index (χ1n) is 5.68. The van der Waals surface area contributed by atoms with Gasteiger partial charge in [0.15, 0.2) is 0 Å². The summed E-state index contributed by atoms with van der Waals surface area (Å²) in [6.07, 6.45) is 0.594. The van der Waals surface area contributed by atoms with Gasteiger partial charge in [0.2, 0.25) is 0 Å². The van der Waals surface area contributed by atoms with Crippen LogP contribution in [0.1, 0.15) is 30.0 Å². The van der Waals surface area contributed by atoms with Crippen LogP contribution < -0.4 is 0 Å². The van der Waals surface area contributed by atoms with E-state index in [0.29, 0.717) is 19.6 Å². The lowest BCUT2D eigenvalue weighted by molar-refractivity contribution is -0.125. The smallest absolute Gasteiger partial charge is 0.130 e. The predicted molar refractivity (Wildman–Crippen MR) is 63.7 cm³/mol. The van der Waals surface area contributed by atoms with Crippen LogP contribution in [0.25, 0.3) is 0 Å². The molecule has 1 aliphatic heterocycles. The zero-order chi connectivity index (χ0) is 11.8. The van der Waals surface area contributed by atoms with Crippen molar-refractivity contribution < 1.29 is 9.53 Å². The fourth-order valence-corrected chi connectivity index (χ4v) is 2.59. The van der Waals surface area contributed by atoms with Crippen LogP contribution in [0, 0.1) is 13.8 Å². The van der Waals surface area contributed by atoms with E-state index in [-0.39, 0.29) is 11.2 Å². The van der Waals surface area contributed by atoms with Crippen molar-refractivity contribution in [2.75, 3.05) is 13.2 Å². The first-order valence-corrected chi connectivity index (χ1v) is 5.68. The molecule has 16 heavy (non-hydrogen) atoms. The highest BCUT2D eigenvalue weighted by molar-refractivity contribution is 5.77. The van der Waals surface area contributed by atoms with Gasteiger partial charge in [0.25, 0.3) is 0 Å². The van der Waals surface area contributed by atoms with Crippen LogP contribution in [-0.2, 0) is 14.9 Å². The minimum atomic E-state index is -0.0520. The summed E-state index contributed by atoms with van der Waals surface area (Å²) in [5, 5.41) is 0. The lowest BCUT2D eigenvalue weighted by Gasteiger charge is -2.42. The van der Waals surface area contributed by atoms with E-state index >= 15 is 0 Å². The van der Waals surface area contributed by atoms with Crippen molar-refractivity contribution in [2.24, 2.45) is 0 Å². The van der Waals surface area contributed by atoms with Gasteiger partial charge in [-0.05, 0) is 31.9 Å². The molecule has 1 aromatic rings. The molecule has 1 fully saturated rings. The van der Waals surface area contributed by atoms with Gasteiger partial charge in [-0.3, -0.25) is 4.79 Å². The number of benzene rings is 1. The number of carbonyl (C=O) groups is 1. The highest BCUT2D eigenvalue weighted by Gasteiger charge is 2.42. The molecule has 0 saturated carbocycles. The highest BCUT2D eigenvalue weighted by Crippen LogP contribution is 2.37. The molecule has 1 heterocycles. The second-order valence-electron chi connectivity index (χ2n) is 4.97. The highest BCUT2D eigenvalue weighted by atomic mass is 16.5. The van der Waals surface area contributed by atoms with Crippen molar-refractivity contribution in [1.82, 2.24) is 0 Å². The quantitative estimate of drug-likeness (QED) is 0.779. The molecule has 2 nitrogen and oxygen atoms in total. The predicted octanol–water partition coefficient (Wildman–Crippen LogP) is 2.55. The zero-order valence-electron chi connectivity index (χ0n) is 10.2. The Bertz CT molecular complexity index is 417. The number of hydrogen-bond donors (Lipinski definition) is 0. The van der Waals surface area contributed by atoms with E-state index in [4.69, 9.17) is 4.74 Å². The van der Waals surface area contributed by atoms with Gasteiger partial charge < -0.3 is 4.74 Å². The number of ether oxygens (including phenoxy) is 1. The normalized spacial score (nSPS) is 17.9. The molecule has 1 saturated heterocycles. The van der Waals surface area contributed by atoms with Crippen molar-refractivity contribution in [2.45, 2.75) is 32.6 Å². The molecule has 0 atom stereocenters. The number of carbonyl (C=O) groups excluding carboxylic acids is 1. The van der Waals surface area contributed by atoms with Crippen LogP contribution in [-0.4, -0.2) is 19.0 Å². The van der Waals surface area contributed by atoms with Crippen molar-refractivity contribution in [1.29, 1.82) is 0 Å². The first kappa shape index (κ1) is 11.3. The molecule has 0 aromatic heterocycles. The Labute approximate surface area is 96.6 Å². The molecule has 0 amide bonds. The number of aryl methyl sites for hydroxylation is 2. The second-order valence-corrected chi connectivity index (χ2v) is 4.97. The van der Waals surface area contributed by atoms with Crippen molar-refractivity contribution in [3.05, 3.63) is 34.9 Å². The maximum Gasteiger partial charge on any atom is 0.130 e.